The molecule has 2 aromatic carbocycles. The van der Waals surface area contributed by atoms with Gasteiger partial charge in [-0.25, -0.2) is 8.78 Å². The van der Waals surface area contributed by atoms with E-state index in [1.807, 2.05) is 35.8 Å². The fourth-order valence-electron chi connectivity index (χ4n) is 2.59. The van der Waals surface area contributed by atoms with E-state index in [0.717, 1.165) is 22.9 Å². The van der Waals surface area contributed by atoms with Crippen LogP contribution in [0.3, 0.4) is 0 Å². The summed E-state index contributed by atoms with van der Waals surface area (Å²) in [4.78, 5) is 0. The van der Waals surface area contributed by atoms with E-state index in [1.165, 1.54) is 17.8 Å². The number of halogens is 3. The Bertz CT molecular complexity index is 935. The van der Waals surface area contributed by atoms with Crippen LogP contribution in [-0.4, -0.2) is 14.8 Å². The third-order valence-corrected chi connectivity index (χ3v) is 5.15. The highest BCUT2D eigenvalue weighted by molar-refractivity contribution is 7.98. The predicted molar refractivity (Wildman–Crippen MR) is 102 cm³/mol. The van der Waals surface area contributed by atoms with Crippen molar-refractivity contribution in [3.8, 4) is 5.75 Å². The number of ether oxygens (including phenoxy) is 1. The Hall–Kier alpha value is -2.12. The summed E-state index contributed by atoms with van der Waals surface area (Å²) >= 11 is 7.55. The summed E-state index contributed by atoms with van der Waals surface area (Å²) in [5, 5.41) is 9.86. The van der Waals surface area contributed by atoms with Crippen molar-refractivity contribution in [2.45, 2.75) is 37.4 Å². The maximum atomic E-state index is 13.8. The second-order valence-electron chi connectivity index (χ2n) is 5.84. The topological polar surface area (TPSA) is 39.9 Å². The summed E-state index contributed by atoms with van der Waals surface area (Å²) in [6.07, 6.45) is -0.544. The van der Waals surface area contributed by atoms with Gasteiger partial charge in [-0.05, 0) is 43.7 Å². The number of aromatic nitrogens is 3. The summed E-state index contributed by atoms with van der Waals surface area (Å²) in [5.41, 5.74) is 1.08. The summed E-state index contributed by atoms with van der Waals surface area (Å²) in [6, 6.07) is 10.8. The number of hydrogen-bond donors (Lipinski definition) is 0. The molecule has 0 N–H and O–H groups in total. The standard InChI is InChI=1S/C19H18ClF2N3OS/c1-3-25-18(12(2)26-17-8-7-15(21)10-16(17)22)23-24-19(25)27-11-13-5-4-6-14(20)9-13/h4-10,12H,3,11H2,1-2H3. The molecule has 0 bridgehead atoms. The lowest BCUT2D eigenvalue weighted by molar-refractivity contribution is 0.200. The van der Waals surface area contributed by atoms with Crippen LogP contribution >= 0.6 is 23.4 Å². The minimum absolute atomic E-state index is 0.0253. The largest absolute Gasteiger partial charge is 0.480 e. The molecule has 4 nitrogen and oxygen atoms in total. The molecule has 3 aromatic rings. The van der Waals surface area contributed by atoms with Crippen molar-refractivity contribution in [1.82, 2.24) is 14.8 Å². The number of rotatable bonds is 7. The Kier molecular flexibility index (Phi) is 6.34. The Labute approximate surface area is 165 Å². The molecule has 0 radical (unpaired) electrons. The van der Waals surface area contributed by atoms with Crippen LogP contribution < -0.4 is 4.74 Å². The smallest absolute Gasteiger partial charge is 0.191 e. The molecule has 3 rings (SSSR count). The molecule has 1 atom stereocenters. The molecular weight excluding hydrogens is 392 g/mol. The number of nitrogens with zero attached hydrogens (tertiary/aromatic N) is 3. The molecule has 0 fully saturated rings. The van der Waals surface area contributed by atoms with Gasteiger partial charge in [0.2, 0.25) is 0 Å². The Morgan fingerprint density at radius 1 is 1.19 bits per heavy atom. The van der Waals surface area contributed by atoms with Crippen molar-refractivity contribution in [1.29, 1.82) is 0 Å². The minimum atomic E-state index is -0.750. The Morgan fingerprint density at radius 3 is 2.70 bits per heavy atom. The monoisotopic (exact) mass is 409 g/mol. The van der Waals surface area contributed by atoms with Gasteiger partial charge in [-0.2, -0.15) is 0 Å². The second kappa shape index (κ2) is 8.71. The van der Waals surface area contributed by atoms with Crippen LogP contribution in [0.1, 0.15) is 31.3 Å². The maximum Gasteiger partial charge on any atom is 0.191 e. The number of hydrogen-bond acceptors (Lipinski definition) is 4. The van der Waals surface area contributed by atoms with E-state index in [9.17, 15) is 8.78 Å². The number of thioether (sulfide) groups is 1. The molecule has 142 valence electrons. The fourth-order valence-corrected chi connectivity index (χ4v) is 3.76. The van der Waals surface area contributed by atoms with Crippen LogP contribution in [0, 0.1) is 11.6 Å². The Balaban J connectivity index is 1.74. The molecule has 0 amide bonds. The van der Waals surface area contributed by atoms with E-state index in [4.69, 9.17) is 16.3 Å². The molecule has 27 heavy (non-hydrogen) atoms. The first-order valence-corrected chi connectivity index (χ1v) is 9.76. The van der Waals surface area contributed by atoms with Gasteiger partial charge in [0.15, 0.2) is 28.7 Å². The molecule has 0 aliphatic rings. The third kappa shape index (κ3) is 4.78. The van der Waals surface area contributed by atoms with E-state index in [-0.39, 0.29) is 5.75 Å². The molecule has 0 saturated heterocycles. The van der Waals surface area contributed by atoms with Crippen molar-refractivity contribution >= 4 is 23.4 Å². The van der Waals surface area contributed by atoms with Crippen molar-refractivity contribution in [2.24, 2.45) is 0 Å². The average molecular weight is 410 g/mol. The Morgan fingerprint density at radius 2 is 2.00 bits per heavy atom. The van der Waals surface area contributed by atoms with Crippen LogP contribution in [0.4, 0.5) is 8.78 Å². The number of benzene rings is 2. The zero-order chi connectivity index (χ0) is 19.4. The molecule has 0 aliphatic heterocycles. The van der Waals surface area contributed by atoms with Gasteiger partial charge in [0.25, 0.3) is 0 Å². The predicted octanol–water partition coefficient (Wildman–Crippen LogP) is 5.66. The van der Waals surface area contributed by atoms with Crippen molar-refractivity contribution in [3.63, 3.8) is 0 Å². The van der Waals surface area contributed by atoms with Crippen LogP contribution in [-0.2, 0) is 12.3 Å². The highest BCUT2D eigenvalue weighted by atomic mass is 35.5. The van der Waals surface area contributed by atoms with Crippen LogP contribution in [0.15, 0.2) is 47.6 Å². The molecule has 1 unspecified atom stereocenters. The van der Waals surface area contributed by atoms with Gasteiger partial charge >= 0.3 is 0 Å². The van der Waals surface area contributed by atoms with Crippen LogP contribution in [0.25, 0.3) is 0 Å². The normalized spacial score (nSPS) is 12.2. The second-order valence-corrected chi connectivity index (χ2v) is 7.22. The minimum Gasteiger partial charge on any atom is -0.480 e. The maximum absolute atomic E-state index is 13.8. The summed E-state index contributed by atoms with van der Waals surface area (Å²) in [5.74, 6) is -0.151. The fraction of sp³-hybridized carbons (Fsp3) is 0.263. The molecule has 1 aromatic heterocycles. The zero-order valence-corrected chi connectivity index (χ0v) is 16.4. The highest BCUT2D eigenvalue weighted by Crippen LogP contribution is 2.28. The van der Waals surface area contributed by atoms with Crippen LogP contribution in [0.2, 0.25) is 5.02 Å². The van der Waals surface area contributed by atoms with Gasteiger partial charge in [0.1, 0.15) is 5.82 Å². The lowest BCUT2D eigenvalue weighted by Crippen LogP contribution is -2.12. The highest BCUT2D eigenvalue weighted by Gasteiger charge is 2.20. The van der Waals surface area contributed by atoms with E-state index in [1.54, 1.807) is 6.92 Å². The quantitative estimate of drug-likeness (QED) is 0.472. The van der Waals surface area contributed by atoms with Crippen molar-refractivity contribution in [3.05, 3.63) is 70.5 Å². The van der Waals surface area contributed by atoms with E-state index < -0.39 is 17.7 Å². The van der Waals surface area contributed by atoms with Gasteiger partial charge in [0.05, 0.1) is 0 Å². The zero-order valence-electron chi connectivity index (χ0n) is 14.8. The van der Waals surface area contributed by atoms with E-state index >= 15 is 0 Å². The summed E-state index contributed by atoms with van der Waals surface area (Å²) in [7, 11) is 0. The summed E-state index contributed by atoms with van der Waals surface area (Å²) in [6.45, 7) is 4.37. The van der Waals surface area contributed by atoms with Crippen molar-refractivity contribution < 1.29 is 13.5 Å². The lowest BCUT2D eigenvalue weighted by atomic mass is 10.2. The molecule has 0 spiro atoms. The molecule has 0 saturated carbocycles. The SMILES string of the molecule is CCn1c(SCc2cccc(Cl)c2)nnc1C(C)Oc1ccc(F)cc1F. The van der Waals surface area contributed by atoms with Crippen molar-refractivity contribution in [2.75, 3.05) is 0 Å². The molecule has 1 heterocycles. The van der Waals surface area contributed by atoms with Gasteiger partial charge in [-0.1, -0.05) is 35.5 Å². The van der Waals surface area contributed by atoms with E-state index in [2.05, 4.69) is 10.2 Å². The first-order chi connectivity index (χ1) is 13.0. The van der Waals surface area contributed by atoms with Gasteiger partial charge < -0.3 is 9.30 Å². The third-order valence-electron chi connectivity index (χ3n) is 3.88. The molecule has 0 aliphatic carbocycles. The van der Waals surface area contributed by atoms with Gasteiger partial charge in [-0.3, -0.25) is 0 Å². The molecular formula is C19H18ClF2N3OS. The van der Waals surface area contributed by atoms with E-state index in [0.29, 0.717) is 23.1 Å². The van der Waals surface area contributed by atoms with Gasteiger partial charge in [0, 0.05) is 23.4 Å². The average Bonchev–Trinajstić information content (AvgIpc) is 3.05. The van der Waals surface area contributed by atoms with Crippen LogP contribution in [0.5, 0.6) is 5.75 Å². The van der Waals surface area contributed by atoms with Gasteiger partial charge in [-0.15, -0.1) is 10.2 Å². The first kappa shape index (κ1) is 19.6. The first-order valence-electron chi connectivity index (χ1n) is 8.40. The summed E-state index contributed by atoms with van der Waals surface area (Å²) < 4.78 is 34.4. The lowest BCUT2D eigenvalue weighted by Gasteiger charge is -2.16. The molecule has 8 heteroatoms.